The molecule has 1 amide bonds. The topological polar surface area (TPSA) is 55.1 Å². The van der Waals surface area contributed by atoms with Crippen LogP contribution in [0.15, 0.2) is 24.3 Å². The molecule has 7 heteroatoms. The largest absolute Gasteiger partial charge is 0.416 e. The van der Waals surface area contributed by atoms with Crippen molar-refractivity contribution in [3.8, 4) is 0 Å². The van der Waals surface area contributed by atoms with E-state index in [9.17, 15) is 18.0 Å². The van der Waals surface area contributed by atoms with E-state index in [1.54, 1.807) is 0 Å². The van der Waals surface area contributed by atoms with Crippen LogP contribution in [-0.2, 0) is 6.18 Å². The number of hydrogen-bond donors (Lipinski definition) is 2. The highest BCUT2D eigenvalue weighted by molar-refractivity contribution is 5.94. The number of rotatable bonds is 3. The molecule has 1 aromatic rings. The summed E-state index contributed by atoms with van der Waals surface area (Å²) in [6.45, 7) is 0.576. The Labute approximate surface area is 103 Å². The second-order valence-electron chi connectivity index (χ2n) is 3.12. The molecule has 0 aromatic heterocycles. The molecule has 0 spiro atoms. The van der Waals surface area contributed by atoms with Gasteiger partial charge in [-0.3, -0.25) is 4.79 Å². The molecule has 0 atom stereocenters. The van der Waals surface area contributed by atoms with E-state index in [1.165, 1.54) is 0 Å². The zero-order valence-corrected chi connectivity index (χ0v) is 9.57. The summed E-state index contributed by atoms with van der Waals surface area (Å²) in [4.78, 5) is 11.3. The average molecular weight is 269 g/mol. The minimum Gasteiger partial charge on any atom is -0.351 e. The first kappa shape index (κ1) is 15.7. The van der Waals surface area contributed by atoms with Crippen LogP contribution >= 0.6 is 12.4 Å². The summed E-state index contributed by atoms with van der Waals surface area (Å²) in [5.41, 5.74) is 4.58. The van der Waals surface area contributed by atoms with Gasteiger partial charge in [0.25, 0.3) is 5.91 Å². The van der Waals surface area contributed by atoms with E-state index in [4.69, 9.17) is 5.73 Å². The minimum absolute atomic E-state index is 0. The molecule has 3 nitrogen and oxygen atoms in total. The molecule has 0 aliphatic rings. The Hall–Kier alpha value is -1.27. The van der Waals surface area contributed by atoms with Gasteiger partial charge in [0.05, 0.1) is 5.56 Å². The number of nitrogens with two attached hydrogens (primary N) is 1. The van der Waals surface area contributed by atoms with Crippen LogP contribution < -0.4 is 11.1 Å². The van der Waals surface area contributed by atoms with Gasteiger partial charge in [-0.25, -0.2) is 0 Å². The van der Waals surface area contributed by atoms with Crippen molar-refractivity contribution in [2.45, 2.75) is 6.18 Å². The van der Waals surface area contributed by atoms with Crippen molar-refractivity contribution in [3.05, 3.63) is 35.4 Å². The van der Waals surface area contributed by atoms with Gasteiger partial charge in [-0.15, -0.1) is 12.4 Å². The summed E-state index contributed by atoms with van der Waals surface area (Å²) >= 11 is 0. The normalized spacial score (nSPS) is 10.6. The highest BCUT2D eigenvalue weighted by Gasteiger charge is 2.30. The lowest BCUT2D eigenvalue weighted by atomic mass is 10.1. The molecule has 0 heterocycles. The fourth-order valence-electron chi connectivity index (χ4n) is 1.10. The lowest BCUT2D eigenvalue weighted by Gasteiger charge is -2.07. The predicted octanol–water partition coefficient (Wildman–Crippen LogP) is 1.82. The van der Waals surface area contributed by atoms with Gasteiger partial charge in [-0.2, -0.15) is 13.2 Å². The van der Waals surface area contributed by atoms with Crippen LogP contribution in [-0.4, -0.2) is 19.0 Å². The predicted molar refractivity (Wildman–Crippen MR) is 60.1 cm³/mol. The fourth-order valence-corrected chi connectivity index (χ4v) is 1.10. The Morgan fingerprint density at radius 1 is 1.24 bits per heavy atom. The number of carbonyl (C=O) groups excluding carboxylic acids is 1. The SMILES string of the molecule is Cl.NCCNC(=O)c1ccc(C(F)(F)F)cc1. The highest BCUT2D eigenvalue weighted by atomic mass is 35.5. The number of alkyl halides is 3. The Balaban J connectivity index is 0.00000256. The van der Waals surface area contributed by atoms with Crippen LogP contribution in [0.3, 0.4) is 0 Å². The van der Waals surface area contributed by atoms with Crippen LogP contribution in [0.4, 0.5) is 13.2 Å². The molecule has 0 fully saturated rings. The zero-order valence-electron chi connectivity index (χ0n) is 8.75. The monoisotopic (exact) mass is 268 g/mol. The first-order chi connectivity index (χ1) is 7.45. The number of benzene rings is 1. The molecule has 0 aliphatic heterocycles. The lowest BCUT2D eigenvalue weighted by Crippen LogP contribution is -2.28. The summed E-state index contributed by atoms with van der Waals surface area (Å²) in [5.74, 6) is -0.431. The number of carbonyl (C=O) groups is 1. The van der Waals surface area contributed by atoms with Crippen molar-refractivity contribution in [3.63, 3.8) is 0 Å². The smallest absolute Gasteiger partial charge is 0.351 e. The van der Waals surface area contributed by atoms with Crippen molar-refractivity contribution in [2.24, 2.45) is 5.73 Å². The Kier molecular flexibility index (Phi) is 5.98. The third-order valence-corrected chi connectivity index (χ3v) is 1.90. The van der Waals surface area contributed by atoms with Gasteiger partial charge < -0.3 is 11.1 Å². The summed E-state index contributed by atoms with van der Waals surface area (Å²) in [7, 11) is 0. The van der Waals surface area contributed by atoms with Crippen molar-refractivity contribution in [2.75, 3.05) is 13.1 Å². The highest BCUT2D eigenvalue weighted by Crippen LogP contribution is 2.28. The van der Waals surface area contributed by atoms with E-state index in [0.29, 0.717) is 6.54 Å². The molecule has 3 N–H and O–H groups in total. The van der Waals surface area contributed by atoms with Gasteiger partial charge in [-0.1, -0.05) is 0 Å². The van der Waals surface area contributed by atoms with Gasteiger partial charge in [0.1, 0.15) is 0 Å². The first-order valence-electron chi connectivity index (χ1n) is 4.60. The van der Waals surface area contributed by atoms with E-state index in [2.05, 4.69) is 5.32 Å². The fraction of sp³-hybridized carbons (Fsp3) is 0.300. The number of amides is 1. The first-order valence-corrected chi connectivity index (χ1v) is 4.60. The third-order valence-electron chi connectivity index (χ3n) is 1.90. The number of hydrogen-bond acceptors (Lipinski definition) is 2. The molecular weight excluding hydrogens is 257 g/mol. The van der Waals surface area contributed by atoms with E-state index in [0.717, 1.165) is 24.3 Å². The molecular formula is C10H12ClF3N2O. The van der Waals surface area contributed by atoms with E-state index >= 15 is 0 Å². The van der Waals surface area contributed by atoms with Crippen LogP contribution in [0, 0.1) is 0 Å². The lowest BCUT2D eigenvalue weighted by molar-refractivity contribution is -0.137. The molecule has 0 aliphatic carbocycles. The van der Waals surface area contributed by atoms with E-state index in [-0.39, 0.29) is 24.5 Å². The Morgan fingerprint density at radius 3 is 2.18 bits per heavy atom. The Morgan fingerprint density at radius 2 is 1.76 bits per heavy atom. The van der Waals surface area contributed by atoms with Crippen molar-refractivity contribution in [1.82, 2.24) is 5.32 Å². The molecule has 1 aromatic carbocycles. The van der Waals surface area contributed by atoms with Gasteiger partial charge in [0, 0.05) is 18.7 Å². The van der Waals surface area contributed by atoms with Crippen LogP contribution in [0.5, 0.6) is 0 Å². The summed E-state index contributed by atoms with van der Waals surface area (Å²) in [5, 5.41) is 2.46. The van der Waals surface area contributed by atoms with Gasteiger partial charge >= 0.3 is 6.18 Å². The molecule has 1 rings (SSSR count). The van der Waals surface area contributed by atoms with Gasteiger partial charge in [0.2, 0.25) is 0 Å². The maximum atomic E-state index is 12.2. The minimum atomic E-state index is -4.38. The maximum Gasteiger partial charge on any atom is 0.416 e. The van der Waals surface area contributed by atoms with Crippen molar-refractivity contribution in [1.29, 1.82) is 0 Å². The van der Waals surface area contributed by atoms with E-state index in [1.807, 2.05) is 0 Å². The third kappa shape index (κ3) is 4.62. The van der Waals surface area contributed by atoms with Crippen LogP contribution in [0.1, 0.15) is 15.9 Å². The molecule has 0 unspecified atom stereocenters. The number of halogens is 4. The molecule has 17 heavy (non-hydrogen) atoms. The molecule has 96 valence electrons. The maximum absolute atomic E-state index is 12.2. The second-order valence-corrected chi connectivity index (χ2v) is 3.12. The van der Waals surface area contributed by atoms with Crippen molar-refractivity contribution < 1.29 is 18.0 Å². The van der Waals surface area contributed by atoms with Gasteiger partial charge in [0.15, 0.2) is 0 Å². The second kappa shape index (κ2) is 6.46. The molecule has 0 saturated heterocycles. The quantitative estimate of drug-likeness (QED) is 0.879. The zero-order chi connectivity index (χ0) is 12.2. The van der Waals surface area contributed by atoms with E-state index < -0.39 is 17.6 Å². The molecule has 0 saturated carbocycles. The van der Waals surface area contributed by atoms with Crippen LogP contribution in [0.2, 0.25) is 0 Å². The van der Waals surface area contributed by atoms with Gasteiger partial charge in [-0.05, 0) is 24.3 Å². The summed E-state index contributed by atoms with van der Waals surface area (Å²) < 4.78 is 36.6. The average Bonchev–Trinajstić information content (AvgIpc) is 2.25. The number of nitrogens with one attached hydrogen (secondary N) is 1. The summed E-state index contributed by atoms with van der Waals surface area (Å²) in [6, 6.07) is 4.01. The molecule has 0 bridgehead atoms. The summed E-state index contributed by atoms with van der Waals surface area (Å²) in [6.07, 6.45) is -4.38. The standard InChI is InChI=1S/C10H11F3N2O.ClH/c11-10(12,13)8-3-1-7(2-4-8)9(16)15-6-5-14;/h1-4H,5-6,14H2,(H,15,16);1H. The molecule has 0 radical (unpaired) electrons. The Bertz CT molecular complexity index is 365. The van der Waals surface area contributed by atoms with Crippen molar-refractivity contribution >= 4 is 18.3 Å². The van der Waals surface area contributed by atoms with Crippen LogP contribution in [0.25, 0.3) is 0 Å².